The summed E-state index contributed by atoms with van der Waals surface area (Å²) < 4.78 is 18.6. The van der Waals surface area contributed by atoms with E-state index in [2.05, 4.69) is 5.10 Å². The number of benzene rings is 1. The van der Waals surface area contributed by atoms with Crippen LogP contribution in [-0.2, 0) is 20.6 Å². The van der Waals surface area contributed by atoms with Crippen molar-refractivity contribution < 1.29 is 23.6 Å². The minimum atomic E-state index is -0.570. The number of aromatic nitrogens is 2. The highest BCUT2D eigenvalue weighted by atomic mass is 16.7. The third kappa shape index (κ3) is 4.32. The number of esters is 1. The smallest absolute Gasteiger partial charge is 0.464 e. The summed E-state index contributed by atoms with van der Waals surface area (Å²) in [5.41, 5.74) is 2.16. The number of carbonyl (C=O) groups excluding carboxylic acids is 2. The molecule has 0 radical (unpaired) electrons. The lowest BCUT2D eigenvalue weighted by Crippen LogP contribution is -2.41. The summed E-state index contributed by atoms with van der Waals surface area (Å²) in [4.78, 5) is 26.8. The van der Waals surface area contributed by atoms with Crippen LogP contribution in [0, 0.1) is 6.92 Å². The molecule has 2 aromatic rings. The maximum Gasteiger partial charge on any atom is 0.494 e. The second kappa shape index (κ2) is 8.71. The van der Waals surface area contributed by atoms with Gasteiger partial charge in [0.1, 0.15) is 5.69 Å². The Bertz CT molecular complexity index is 1010. The minimum Gasteiger partial charge on any atom is -0.464 e. The zero-order chi connectivity index (χ0) is 23.8. The molecule has 0 bridgehead atoms. The first kappa shape index (κ1) is 24.0. The molecular formula is C23H32BN3O5. The van der Waals surface area contributed by atoms with Crippen LogP contribution in [0.5, 0.6) is 0 Å². The lowest BCUT2D eigenvalue weighted by Gasteiger charge is -2.32. The summed E-state index contributed by atoms with van der Waals surface area (Å²) in [5, 5.41) is 4.25. The first-order valence-corrected chi connectivity index (χ1v) is 10.8. The molecule has 1 aromatic carbocycles. The van der Waals surface area contributed by atoms with Crippen molar-refractivity contribution >= 4 is 30.1 Å². The molecule has 1 amide bonds. The molecule has 32 heavy (non-hydrogen) atoms. The zero-order valence-electron chi connectivity index (χ0n) is 20.2. The number of aryl methyl sites for hydroxylation is 2. The van der Waals surface area contributed by atoms with Crippen LogP contribution < -0.4 is 10.4 Å². The van der Waals surface area contributed by atoms with Crippen LogP contribution >= 0.6 is 0 Å². The van der Waals surface area contributed by atoms with Gasteiger partial charge in [0.15, 0.2) is 5.69 Å². The number of hydrogen-bond acceptors (Lipinski definition) is 6. The van der Waals surface area contributed by atoms with Crippen molar-refractivity contribution in [3.05, 3.63) is 41.2 Å². The Labute approximate surface area is 190 Å². The average Bonchev–Trinajstić information content (AvgIpc) is 3.24. The number of methoxy groups -OCH3 is 1. The van der Waals surface area contributed by atoms with E-state index in [1.54, 1.807) is 16.6 Å². The molecule has 9 heteroatoms. The van der Waals surface area contributed by atoms with Gasteiger partial charge in [0.05, 0.1) is 18.3 Å². The second-order valence-corrected chi connectivity index (χ2v) is 9.13. The number of rotatable bonds is 6. The van der Waals surface area contributed by atoms with Gasteiger partial charge < -0.3 is 18.9 Å². The molecule has 0 unspecified atom stereocenters. The molecule has 1 saturated heterocycles. The van der Waals surface area contributed by atoms with Crippen LogP contribution in [0.4, 0.5) is 5.69 Å². The third-order valence-electron chi connectivity index (χ3n) is 6.24. The molecule has 1 aliphatic heterocycles. The molecule has 172 valence electrons. The normalized spacial score (nSPS) is 16.8. The molecule has 1 aromatic heterocycles. The van der Waals surface area contributed by atoms with E-state index in [9.17, 15) is 9.59 Å². The fourth-order valence-corrected chi connectivity index (χ4v) is 3.64. The molecular weight excluding hydrogens is 409 g/mol. The number of anilines is 1. The molecule has 0 saturated carbocycles. The topological polar surface area (TPSA) is 82.9 Å². The summed E-state index contributed by atoms with van der Waals surface area (Å²) in [5.74, 6) is -0.827. The van der Waals surface area contributed by atoms with Crippen molar-refractivity contribution in [2.75, 3.05) is 19.1 Å². The highest BCUT2D eigenvalue weighted by Crippen LogP contribution is 2.36. The van der Waals surface area contributed by atoms with E-state index >= 15 is 0 Å². The highest BCUT2D eigenvalue weighted by molar-refractivity contribution is 6.62. The maximum atomic E-state index is 13.3. The number of hydrogen-bond donors (Lipinski definition) is 0. The van der Waals surface area contributed by atoms with Crippen molar-refractivity contribution in [1.29, 1.82) is 0 Å². The van der Waals surface area contributed by atoms with Crippen LogP contribution in [0.3, 0.4) is 0 Å². The van der Waals surface area contributed by atoms with Gasteiger partial charge in [0.2, 0.25) is 0 Å². The van der Waals surface area contributed by atoms with Gasteiger partial charge in [-0.15, -0.1) is 0 Å². The van der Waals surface area contributed by atoms with E-state index in [4.69, 9.17) is 14.0 Å². The number of ether oxygens (including phenoxy) is 1. The number of amides is 1. The van der Waals surface area contributed by atoms with Crippen molar-refractivity contribution in [2.45, 2.75) is 65.7 Å². The van der Waals surface area contributed by atoms with E-state index in [1.807, 2.05) is 59.7 Å². The first-order chi connectivity index (χ1) is 14.9. The fraction of sp³-hybridized carbons (Fsp3) is 0.522. The highest BCUT2D eigenvalue weighted by Gasteiger charge is 2.51. The molecule has 8 nitrogen and oxygen atoms in total. The van der Waals surface area contributed by atoms with Crippen molar-refractivity contribution in [3.8, 4) is 0 Å². The minimum absolute atomic E-state index is 0.116. The Morgan fingerprint density at radius 3 is 2.31 bits per heavy atom. The Balaban J connectivity index is 1.87. The van der Waals surface area contributed by atoms with E-state index in [0.717, 1.165) is 23.1 Å². The molecule has 0 atom stereocenters. The first-order valence-electron chi connectivity index (χ1n) is 10.8. The van der Waals surface area contributed by atoms with E-state index in [0.29, 0.717) is 12.2 Å². The number of nitrogens with zero attached hydrogens (tertiary/aromatic N) is 3. The lowest BCUT2D eigenvalue weighted by molar-refractivity contribution is 0.00578. The van der Waals surface area contributed by atoms with E-state index in [-0.39, 0.29) is 11.6 Å². The van der Waals surface area contributed by atoms with Gasteiger partial charge in [-0.1, -0.05) is 19.1 Å². The predicted molar refractivity (Wildman–Crippen MR) is 123 cm³/mol. The van der Waals surface area contributed by atoms with Gasteiger partial charge in [0.25, 0.3) is 5.91 Å². The summed E-state index contributed by atoms with van der Waals surface area (Å²) in [6.07, 6.45) is 0.772. The van der Waals surface area contributed by atoms with Gasteiger partial charge in [0, 0.05) is 25.3 Å². The number of carbonyl (C=O) groups is 2. The fourth-order valence-electron chi connectivity index (χ4n) is 3.64. The summed E-state index contributed by atoms with van der Waals surface area (Å²) >= 11 is 0. The Morgan fingerprint density at radius 2 is 1.78 bits per heavy atom. The third-order valence-corrected chi connectivity index (χ3v) is 6.24. The summed E-state index contributed by atoms with van der Waals surface area (Å²) in [6, 6.07) is 7.26. The van der Waals surface area contributed by atoms with Gasteiger partial charge in [-0.25, -0.2) is 4.79 Å². The molecule has 0 aliphatic carbocycles. The Morgan fingerprint density at radius 1 is 1.16 bits per heavy atom. The van der Waals surface area contributed by atoms with Crippen LogP contribution in [-0.4, -0.2) is 54.1 Å². The van der Waals surface area contributed by atoms with Gasteiger partial charge >= 0.3 is 13.1 Å². The average molecular weight is 441 g/mol. The molecule has 0 N–H and O–H groups in total. The van der Waals surface area contributed by atoms with Crippen molar-refractivity contribution in [2.24, 2.45) is 0 Å². The largest absolute Gasteiger partial charge is 0.494 e. The standard InChI is InChI=1S/C23H32BN3O5/c1-9-12-27-19(14-17(25-27)21(29)30-8)20(28)26(7)18-11-10-16(13-15(18)2)24-31-22(3,4)23(5,6)32-24/h10-11,13-14H,9,12H2,1-8H3. The lowest BCUT2D eigenvalue weighted by atomic mass is 9.78. The van der Waals surface area contributed by atoms with Crippen LogP contribution in [0.2, 0.25) is 0 Å². The van der Waals surface area contributed by atoms with Crippen LogP contribution in [0.1, 0.15) is 67.6 Å². The molecule has 2 heterocycles. The maximum absolute atomic E-state index is 13.3. The van der Waals surface area contributed by atoms with Crippen LogP contribution in [0.25, 0.3) is 0 Å². The quantitative estimate of drug-likeness (QED) is 0.507. The monoisotopic (exact) mass is 441 g/mol. The van der Waals surface area contributed by atoms with Crippen LogP contribution in [0.15, 0.2) is 24.3 Å². The van der Waals surface area contributed by atoms with Gasteiger partial charge in [-0.2, -0.15) is 5.10 Å². The van der Waals surface area contributed by atoms with E-state index < -0.39 is 24.3 Å². The molecule has 1 fully saturated rings. The Kier molecular flexibility index (Phi) is 6.53. The Hall–Kier alpha value is -2.65. The zero-order valence-corrected chi connectivity index (χ0v) is 20.2. The van der Waals surface area contributed by atoms with E-state index in [1.165, 1.54) is 13.2 Å². The molecule has 0 spiro atoms. The van der Waals surface area contributed by atoms with Crippen molar-refractivity contribution in [3.63, 3.8) is 0 Å². The predicted octanol–water partition coefficient (Wildman–Crippen LogP) is 2.96. The van der Waals surface area contributed by atoms with Crippen molar-refractivity contribution in [1.82, 2.24) is 9.78 Å². The second-order valence-electron chi connectivity index (χ2n) is 9.13. The summed E-state index contributed by atoms with van der Waals surface area (Å²) in [7, 11) is 2.53. The van der Waals surface area contributed by atoms with Gasteiger partial charge in [-0.05, 0) is 58.1 Å². The SMILES string of the molecule is CCCn1nc(C(=O)OC)cc1C(=O)N(C)c1ccc(B2OC(C)(C)C(C)(C)O2)cc1C. The summed E-state index contributed by atoms with van der Waals surface area (Å²) in [6.45, 7) is 12.5. The molecule has 3 rings (SSSR count). The molecule has 1 aliphatic rings. The van der Waals surface area contributed by atoms with Gasteiger partial charge in [-0.3, -0.25) is 9.48 Å².